The molecule has 0 saturated carbocycles. The Balaban J connectivity index is 1.89. The fourth-order valence-electron chi connectivity index (χ4n) is 4.29. The summed E-state index contributed by atoms with van der Waals surface area (Å²) in [5, 5.41) is -0.260. The lowest BCUT2D eigenvalue weighted by Gasteiger charge is -2.17. The van der Waals surface area contributed by atoms with Crippen LogP contribution in [0.5, 0.6) is 0 Å². The van der Waals surface area contributed by atoms with Crippen molar-refractivity contribution in [1.29, 1.82) is 0 Å². The second-order valence-electron chi connectivity index (χ2n) is 8.60. The quantitative estimate of drug-likeness (QED) is 0.149. The molecule has 0 aliphatic carbocycles. The van der Waals surface area contributed by atoms with Gasteiger partial charge in [0.2, 0.25) is 5.43 Å². The molecule has 198 valence electrons. The fraction of sp³-hybridized carbons (Fsp3) is 0.143. The van der Waals surface area contributed by atoms with Crippen molar-refractivity contribution in [2.45, 2.75) is 19.6 Å². The van der Waals surface area contributed by atoms with Gasteiger partial charge in [-0.1, -0.05) is 0 Å². The highest BCUT2D eigenvalue weighted by Crippen LogP contribution is 2.33. The first kappa shape index (κ1) is 26.0. The van der Waals surface area contributed by atoms with E-state index in [0.29, 0.717) is 11.1 Å². The molecule has 0 aliphatic heterocycles. The van der Waals surface area contributed by atoms with Gasteiger partial charge in [-0.15, -0.1) is 0 Å². The average molecular weight is 539 g/mol. The fourth-order valence-corrected chi connectivity index (χ4v) is 4.29. The maximum Gasteiger partial charge on any atom is 0.406 e. The second kappa shape index (κ2) is 9.90. The predicted molar refractivity (Wildman–Crippen MR) is 134 cm³/mol. The number of hydrogen-bond acceptors (Lipinski definition) is 5. The van der Waals surface area contributed by atoms with Gasteiger partial charge in [0.25, 0.3) is 0 Å². The molecule has 0 unspecified atom stereocenters. The molecule has 5 aromatic rings. The molecule has 6 nitrogen and oxygen atoms in total. The summed E-state index contributed by atoms with van der Waals surface area (Å²) in [7, 11) is 0. The molecular weight excluding hydrogens is 521 g/mol. The molecule has 0 saturated heterocycles. The van der Waals surface area contributed by atoms with E-state index in [1.807, 2.05) is 0 Å². The van der Waals surface area contributed by atoms with Gasteiger partial charge in [-0.3, -0.25) is 4.79 Å². The van der Waals surface area contributed by atoms with Crippen LogP contribution in [0, 0.1) is 11.6 Å². The molecule has 39 heavy (non-hydrogen) atoms. The Hall–Kier alpha value is -4.67. The van der Waals surface area contributed by atoms with Crippen molar-refractivity contribution in [3.8, 4) is 22.5 Å². The summed E-state index contributed by atoms with van der Waals surface area (Å²) in [4.78, 5) is 35.3. The topological polar surface area (TPSA) is 74.1 Å². The Kier molecular flexibility index (Phi) is 6.59. The lowest BCUT2D eigenvalue weighted by atomic mass is 10.0. The maximum absolute atomic E-state index is 13.7. The normalized spacial score (nSPS) is 11.7. The molecule has 0 spiro atoms. The number of benzene rings is 3. The van der Waals surface area contributed by atoms with Crippen molar-refractivity contribution in [3.63, 3.8) is 0 Å². The Bertz CT molecular complexity index is 1780. The third kappa shape index (κ3) is 5.07. The first-order valence-electron chi connectivity index (χ1n) is 11.7. The van der Waals surface area contributed by atoms with Crippen LogP contribution in [0.15, 0.2) is 71.7 Å². The van der Waals surface area contributed by atoms with Crippen LogP contribution in [0.1, 0.15) is 17.3 Å². The van der Waals surface area contributed by atoms with Gasteiger partial charge >= 0.3 is 12.1 Å². The SMILES string of the molecule is CCOC(=O)c1cn(CC(F)(F)F)c2ccc3nc(-c4ccc(F)cc4)c(-c4ccc(F)cc4)nc3c2c1=O. The molecule has 0 atom stereocenters. The largest absolute Gasteiger partial charge is 0.462 e. The van der Waals surface area contributed by atoms with E-state index in [2.05, 4.69) is 9.97 Å². The van der Waals surface area contributed by atoms with Crippen LogP contribution in [0.2, 0.25) is 0 Å². The van der Waals surface area contributed by atoms with E-state index in [-0.39, 0.29) is 39.9 Å². The van der Waals surface area contributed by atoms with Crippen molar-refractivity contribution < 1.29 is 31.5 Å². The van der Waals surface area contributed by atoms with Gasteiger partial charge in [0.05, 0.1) is 34.4 Å². The van der Waals surface area contributed by atoms with Crippen molar-refractivity contribution >= 4 is 27.9 Å². The van der Waals surface area contributed by atoms with Crippen molar-refractivity contribution in [2.24, 2.45) is 0 Å². The molecule has 2 aromatic heterocycles. The van der Waals surface area contributed by atoms with E-state index in [4.69, 9.17) is 4.74 Å². The zero-order valence-electron chi connectivity index (χ0n) is 20.2. The average Bonchev–Trinajstić information content (AvgIpc) is 2.89. The van der Waals surface area contributed by atoms with Gasteiger partial charge in [0, 0.05) is 17.3 Å². The maximum atomic E-state index is 13.7. The standard InChI is InChI=1S/C28H18F5N3O3/c1-2-39-27(38)19-13-36(14-28(31,32)33)21-12-11-20-25(22(21)26(19)37)35-24(16-5-9-18(30)10-6-16)23(34-20)15-3-7-17(29)8-4-15/h3-13H,2,14H2,1H3. The number of halogens is 5. The third-order valence-corrected chi connectivity index (χ3v) is 5.96. The van der Waals surface area contributed by atoms with Gasteiger partial charge in [0.1, 0.15) is 29.3 Å². The van der Waals surface area contributed by atoms with Crippen LogP contribution in [-0.2, 0) is 11.3 Å². The first-order chi connectivity index (χ1) is 18.6. The summed E-state index contributed by atoms with van der Waals surface area (Å²) < 4.78 is 73.3. The van der Waals surface area contributed by atoms with Gasteiger partial charge in [-0.05, 0) is 67.6 Å². The van der Waals surface area contributed by atoms with E-state index in [9.17, 15) is 31.5 Å². The van der Waals surface area contributed by atoms with Gasteiger partial charge in [0.15, 0.2) is 0 Å². The number of hydrogen-bond donors (Lipinski definition) is 0. The van der Waals surface area contributed by atoms with Crippen molar-refractivity contribution in [1.82, 2.24) is 14.5 Å². The van der Waals surface area contributed by atoms with Gasteiger partial charge in [-0.25, -0.2) is 23.5 Å². The number of pyridine rings is 1. The molecule has 0 aliphatic rings. The molecule has 0 fully saturated rings. The highest BCUT2D eigenvalue weighted by Gasteiger charge is 2.30. The van der Waals surface area contributed by atoms with Crippen molar-refractivity contribution in [3.05, 3.63) is 94.3 Å². The van der Waals surface area contributed by atoms with Crippen LogP contribution >= 0.6 is 0 Å². The number of nitrogens with zero attached hydrogens (tertiary/aromatic N) is 3. The number of rotatable bonds is 5. The number of carbonyl (C=O) groups is 1. The summed E-state index contributed by atoms with van der Waals surface area (Å²) in [6.07, 6.45) is -3.84. The van der Waals surface area contributed by atoms with Crippen LogP contribution in [0.4, 0.5) is 22.0 Å². The monoisotopic (exact) mass is 539 g/mol. The number of ether oxygens (including phenoxy) is 1. The first-order valence-corrected chi connectivity index (χ1v) is 11.7. The molecule has 3 aromatic carbocycles. The van der Waals surface area contributed by atoms with Crippen molar-refractivity contribution in [2.75, 3.05) is 6.61 Å². The number of esters is 1. The third-order valence-electron chi connectivity index (χ3n) is 5.96. The summed E-state index contributed by atoms with van der Waals surface area (Å²) in [5.41, 5.74) is -0.217. The second-order valence-corrected chi connectivity index (χ2v) is 8.60. The lowest BCUT2D eigenvalue weighted by Crippen LogP contribution is -2.25. The molecule has 5 rings (SSSR count). The molecule has 0 N–H and O–H groups in total. The van der Waals surface area contributed by atoms with Crippen LogP contribution in [0.25, 0.3) is 44.5 Å². The minimum Gasteiger partial charge on any atom is -0.462 e. The van der Waals surface area contributed by atoms with Crippen LogP contribution in [-0.4, -0.2) is 33.3 Å². The molecule has 0 amide bonds. The molecule has 2 heterocycles. The minimum atomic E-state index is -4.67. The molecule has 11 heteroatoms. The molecular formula is C28H18F5N3O3. The Morgan fingerprint density at radius 3 is 1.97 bits per heavy atom. The Morgan fingerprint density at radius 2 is 1.44 bits per heavy atom. The number of carbonyl (C=O) groups excluding carboxylic acids is 1. The summed E-state index contributed by atoms with van der Waals surface area (Å²) >= 11 is 0. The van der Waals surface area contributed by atoms with E-state index in [1.54, 1.807) is 0 Å². The summed E-state index contributed by atoms with van der Waals surface area (Å²) in [6.45, 7) is -0.0751. The number of aromatic nitrogens is 3. The van der Waals surface area contributed by atoms with E-state index in [1.165, 1.54) is 67.6 Å². The van der Waals surface area contributed by atoms with Gasteiger partial charge in [-0.2, -0.15) is 13.2 Å². The minimum absolute atomic E-state index is 0.0650. The van der Waals surface area contributed by atoms with Gasteiger partial charge < -0.3 is 9.30 Å². The van der Waals surface area contributed by atoms with Crippen LogP contribution < -0.4 is 5.43 Å². The highest BCUT2D eigenvalue weighted by atomic mass is 19.4. The van der Waals surface area contributed by atoms with Crippen LogP contribution in [0.3, 0.4) is 0 Å². The van der Waals surface area contributed by atoms with E-state index in [0.717, 1.165) is 10.8 Å². The Morgan fingerprint density at radius 1 is 0.872 bits per heavy atom. The number of fused-ring (bicyclic) bond motifs is 3. The summed E-state index contributed by atoms with van der Waals surface area (Å²) in [5.74, 6) is -2.08. The summed E-state index contributed by atoms with van der Waals surface area (Å²) in [6, 6.07) is 13.3. The molecule has 0 bridgehead atoms. The van der Waals surface area contributed by atoms with E-state index < -0.39 is 41.3 Å². The van der Waals surface area contributed by atoms with E-state index >= 15 is 0 Å². The smallest absolute Gasteiger partial charge is 0.406 e. The number of alkyl halides is 3. The Labute approximate surface area is 217 Å². The highest BCUT2D eigenvalue weighted by molar-refractivity contribution is 6.06. The lowest BCUT2D eigenvalue weighted by molar-refractivity contribution is -0.140. The molecule has 0 radical (unpaired) electrons. The zero-order chi connectivity index (χ0) is 27.9. The zero-order valence-corrected chi connectivity index (χ0v) is 20.2. The predicted octanol–water partition coefficient (Wildman–Crippen LogP) is 6.30.